The molecule has 0 aromatic heterocycles. The molecule has 1 aliphatic rings. The van der Waals surface area contributed by atoms with Crippen LogP contribution in [0.5, 0.6) is 0 Å². The summed E-state index contributed by atoms with van der Waals surface area (Å²) in [4.78, 5) is 0. The van der Waals surface area contributed by atoms with Crippen LogP contribution in [0, 0.1) is 5.41 Å². The summed E-state index contributed by atoms with van der Waals surface area (Å²) < 4.78 is 0. The minimum Gasteiger partial charge on any atom is -0.396 e. The van der Waals surface area contributed by atoms with Gasteiger partial charge in [-0.15, -0.1) is 0 Å². The van der Waals surface area contributed by atoms with Crippen molar-refractivity contribution in [3.05, 3.63) is 35.9 Å². The lowest BCUT2D eigenvalue weighted by molar-refractivity contribution is -0.0370. The molecule has 88 valence electrons. The minimum atomic E-state index is -0.418. The molecule has 1 heterocycles. The van der Waals surface area contributed by atoms with E-state index in [1.54, 1.807) is 0 Å². The molecule has 1 saturated heterocycles. The van der Waals surface area contributed by atoms with Gasteiger partial charge in [0.15, 0.2) is 0 Å². The fourth-order valence-electron chi connectivity index (χ4n) is 2.40. The van der Waals surface area contributed by atoms with Crippen LogP contribution < -0.4 is 5.32 Å². The minimum absolute atomic E-state index is 0.0239. The first-order chi connectivity index (χ1) is 7.77. The molecule has 1 aromatic carbocycles. The molecule has 0 spiro atoms. The van der Waals surface area contributed by atoms with Crippen LogP contribution in [0.3, 0.4) is 0 Å². The highest BCUT2D eigenvalue weighted by Crippen LogP contribution is 2.30. The summed E-state index contributed by atoms with van der Waals surface area (Å²) in [5, 5.41) is 22.9. The van der Waals surface area contributed by atoms with Crippen molar-refractivity contribution in [2.75, 3.05) is 19.7 Å². The molecule has 0 unspecified atom stereocenters. The number of hydrogen-bond acceptors (Lipinski definition) is 3. The Labute approximate surface area is 96.1 Å². The van der Waals surface area contributed by atoms with Crippen LogP contribution in [0.1, 0.15) is 12.0 Å². The van der Waals surface area contributed by atoms with E-state index >= 15 is 0 Å². The van der Waals surface area contributed by atoms with E-state index in [4.69, 9.17) is 0 Å². The Morgan fingerprint density at radius 2 is 2.06 bits per heavy atom. The Morgan fingerprint density at radius 1 is 1.31 bits per heavy atom. The largest absolute Gasteiger partial charge is 0.396 e. The van der Waals surface area contributed by atoms with Gasteiger partial charge in [0, 0.05) is 12.0 Å². The van der Waals surface area contributed by atoms with Gasteiger partial charge in [0.1, 0.15) is 0 Å². The SMILES string of the molecule is OC[C@@]1(Cc2ccccc2)CNCC[C@@H]1O. The summed E-state index contributed by atoms with van der Waals surface area (Å²) in [5.74, 6) is 0. The van der Waals surface area contributed by atoms with Crippen molar-refractivity contribution in [3.63, 3.8) is 0 Å². The second kappa shape index (κ2) is 4.95. The fraction of sp³-hybridized carbons (Fsp3) is 0.538. The molecule has 1 aromatic rings. The Kier molecular flexibility index (Phi) is 3.59. The van der Waals surface area contributed by atoms with E-state index in [1.807, 2.05) is 30.3 Å². The lowest BCUT2D eigenvalue weighted by atomic mass is 9.74. The molecular weight excluding hydrogens is 202 g/mol. The lowest BCUT2D eigenvalue weighted by Gasteiger charge is -2.40. The van der Waals surface area contributed by atoms with Crippen molar-refractivity contribution >= 4 is 0 Å². The van der Waals surface area contributed by atoms with E-state index in [9.17, 15) is 10.2 Å². The highest BCUT2D eigenvalue weighted by atomic mass is 16.3. The summed E-state index contributed by atoms with van der Waals surface area (Å²) >= 11 is 0. The maximum absolute atomic E-state index is 10.1. The maximum Gasteiger partial charge on any atom is 0.0645 e. The first-order valence-corrected chi connectivity index (χ1v) is 5.80. The number of hydrogen-bond donors (Lipinski definition) is 3. The number of aliphatic hydroxyl groups excluding tert-OH is 2. The number of benzene rings is 1. The van der Waals surface area contributed by atoms with Crippen LogP contribution in [0.25, 0.3) is 0 Å². The monoisotopic (exact) mass is 221 g/mol. The van der Waals surface area contributed by atoms with Crippen LogP contribution in [-0.2, 0) is 6.42 Å². The standard InChI is InChI=1S/C13H19NO2/c15-10-13(9-14-7-6-12(13)16)8-11-4-2-1-3-5-11/h1-5,12,14-16H,6-10H2/t12-,13+/m0/s1. The first-order valence-electron chi connectivity index (χ1n) is 5.80. The molecule has 3 heteroatoms. The Bertz CT molecular complexity index is 328. The smallest absolute Gasteiger partial charge is 0.0645 e. The Morgan fingerprint density at radius 3 is 2.69 bits per heavy atom. The number of aliphatic hydroxyl groups is 2. The quantitative estimate of drug-likeness (QED) is 0.699. The van der Waals surface area contributed by atoms with Gasteiger partial charge in [-0.05, 0) is 24.9 Å². The molecule has 0 amide bonds. The summed E-state index contributed by atoms with van der Waals surface area (Å²) in [5.41, 5.74) is 0.749. The predicted molar refractivity (Wildman–Crippen MR) is 63.2 cm³/mol. The summed E-state index contributed by atoms with van der Waals surface area (Å²) in [6.45, 7) is 1.54. The molecule has 3 N–H and O–H groups in total. The first kappa shape index (κ1) is 11.6. The van der Waals surface area contributed by atoms with Crippen LogP contribution in [-0.4, -0.2) is 36.0 Å². The normalized spacial score (nSPS) is 30.2. The second-order valence-electron chi connectivity index (χ2n) is 4.66. The number of rotatable bonds is 3. The summed E-state index contributed by atoms with van der Waals surface area (Å²) in [6.07, 6.45) is 1.02. The Balaban J connectivity index is 2.15. The maximum atomic E-state index is 10.1. The topological polar surface area (TPSA) is 52.5 Å². The van der Waals surface area contributed by atoms with Crippen molar-refractivity contribution in [3.8, 4) is 0 Å². The highest BCUT2D eigenvalue weighted by molar-refractivity contribution is 5.18. The van der Waals surface area contributed by atoms with Gasteiger partial charge in [-0.2, -0.15) is 0 Å². The van der Waals surface area contributed by atoms with E-state index in [0.29, 0.717) is 13.0 Å². The van der Waals surface area contributed by atoms with E-state index in [2.05, 4.69) is 5.32 Å². The molecule has 3 nitrogen and oxygen atoms in total. The molecule has 1 fully saturated rings. The van der Waals surface area contributed by atoms with Crippen LogP contribution in [0.2, 0.25) is 0 Å². The highest BCUT2D eigenvalue weighted by Gasteiger charge is 2.39. The molecular formula is C13H19NO2. The second-order valence-corrected chi connectivity index (χ2v) is 4.66. The van der Waals surface area contributed by atoms with E-state index in [0.717, 1.165) is 13.0 Å². The molecule has 0 radical (unpaired) electrons. The number of piperidine rings is 1. The fourth-order valence-corrected chi connectivity index (χ4v) is 2.40. The van der Waals surface area contributed by atoms with Gasteiger partial charge in [-0.25, -0.2) is 0 Å². The number of nitrogens with one attached hydrogen (secondary N) is 1. The van der Waals surface area contributed by atoms with E-state index in [1.165, 1.54) is 5.56 Å². The third-order valence-electron chi connectivity index (χ3n) is 3.49. The van der Waals surface area contributed by atoms with Gasteiger partial charge in [0.05, 0.1) is 12.7 Å². The van der Waals surface area contributed by atoms with Gasteiger partial charge < -0.3 is 15.5 Å². The molecule has 2 atom stereocenters. The third-order valence-corrected chi connectivity index (χ3v) is 3.49. The van der Waals surface area contributed by atoms with Crippen LogP contribution in [0.4, 0.5) is 0 Å². The third kappa shape index (κ3) is 2.26. The summed E-state index contributed by atoms with van der Waals surface area (Å²) in [6, 6.07) is 10.0. The predicted octanol–water partition coefficient (Wildman–Crippen LogP) is 0.562. The van der Waals surface area contributed by atoms with Gasteiger partial charge in [0.25, 0.3) is 0 Å². The molecule has 1 aliphatic heterocycles. The van der Waals surface area contributed by atoms with Crippen LogP contribution >= 0.6 is 0 Å². The molecule has 0 bridgehead atoms. The zero-order chi connectivity index (χ0) is 11.4. The van der Waals surface area contributed by atoms with Crippen molar-refractivity contribution < 1.29 is 10.2 Å². The molecule has 16 heavy (non-hydrogen) atoms. The average Bonchev–Trinajstić information content (AvgIpc) is 2.34. The average molecular weight is 221 g/mol. The molecule has 2 rings (SSSR count). The zero-order valence-electron chi connectivity index (χ0n) is 9.39. The molecule has 0 aliphatic carbocycles. The molecule has 0 saturated carbocycles. The van der Waals surface area contributed by atoms with E-state index in [-0.39, 0.29) is 6.61 Å². The van der Waals surface area contributed by atoms with Gasteiger partial charge in [-0.1, -0.05) is 30.3 Å². The van der Waals surface area contributed by atoms with Crippen molar-refractivity contribution in [1.29, 1.82) is 0 Å². The van der Waals surface area contributed by atoms with Crippen molar-refractivity contribution in [2.24, 2.45) is 5.41 Å². The Hall–Kier alpha value is -0.900. The van der Waals surface area contributed by atoms with Gasteiger partial charge in [0.2, 0.25) is 0 Å². The van der Waals surface area contributed by atoms with Gasteiger partial charge >= 0.3 is 0 Å². The summed E-state index contributed by atoms with van der Waals surface area (Å²) in [7, 11) is 0. The van der Waals surface area contributed by atoms with E-state index < -0.39 is 11.5 Å². The van der Waals surface area contributed by atoms with Crippen molar-refractivity contribution in [1.82, 2.24) is 5.32 Å². The lowest BCUT2D eigenvalue weighted by Crippen LogP contribution is -2.53. The van der Waals surface area contributed by atoms with Crippen molar-refractivity contribution in [2.45, 2.75) is 18.9 Å². The van der Waals surface area contributed by atoms with Crippen LogP contribution in [0.15, 0.2) is 30.3 Å². The van der Waals surface area contributed by atoms with Gasteiger partial charge in [-0.3, -0.25) is 0 Å². The zero-order valence-corrected chi connectivity index (χ0v) is 9.39.